The third-order valence-corrected chi connectivity index (χ3v) is 4.82. The number of epoxide rings is 1. The molecule has 0 spiro atoms. The summed E-state index contributed by atoms with van der Waals surface area (Å²) in [6.07, 6.45) is 0.631. The molecule has 27 heavy (non-hydrogen) atoms. The van der Waals surface area contributed by atoms with E-state index in [-0.39, 0.29) is 12.5 Å². The van der Waals surface area contributed by atoms with Gasteiger partial charge in [0.2, 0.25) is 17.7 Å². The Morgan fingerprint density at radius 1 is 1.26 bits per heavy atom. The second kappa shape index (κ2) is 8.03. The van der Waals surface area contributed by atoms with E-state index in [4.69, 9.17) is 9.84 Å². The van der Waals surface area contributed by atoms with Crippen LogP contribution < -0.4 is 10.6 Å². The number of ketones is 1. The minimum atomic E-state index is -1.25. The summed E-state index contributed by atoms with van der Waals surface area (Å²) in [5.41, 5.74) is -1.08. The molecule has 0 aromatic rings. The van der Waals surface area contributed by atoms with Gasteiger partial charge in [0.15, 0.2) is 5.78 Å². The molecule has 4 unspecified atom stereocenters. The van der Waals surface area contributed by atoms with Crippen molar-refractivity contribution in [1.29, 1.82) is 0 Å². The molecule has 2 rings (SSSR count). The quantitative estimate of drug-likeness (QED) is 0.447. The van der Waals surface area contributed by atoms with Gasteiger partial charge >= 0.3 is 5.97 Å². The third-order valence-electron chi connectivity index (χ3n) is 4.82. The van der Waals surface area contributed by atoms with Crippen molar-refractivity contribution in [2.75, 3.05) is 13.2 Å². The van der Waals surface area contributed by atoms with Crippen LogP contribution in [0.1, 0.15) is 40.0 Å². The second-order valence-electron chi connectivity index (χ2n) is 7.14. The summed E-state index contributed by atoms with van der Waals surface area (Å²) in [5.74, 6) is -3.11. The molecule has 2 heterocycles. The molecule has 10 heteroatoms. The average Bonchev–Trinajstić information content (AvgIpc) is 3.13. The van der Waals surface area contributed by atoms with Gasteiger partial charge in [-0.2, -0.15) is 0 Å². The van der Waals surface area contributed by atoms with E-state index in [0.29, 0.717) is 19.4 Å². The first-order valence-corrected chi connectivity index (χ1v) is 8.83. The van der Waals surface area contributed by atoms with Crippen LogP contribution in [0.3, 0.4) is 0 Å². The summed E-state index contributed by atoms with van der Waals surface area (Å²) >= 11 is 0. The molecule has 0 radical (unpaired) electrons. The number of carboxylic acids is 1. The normalized spacial score (nSPS) is 26.0. The molecule has 2 fully saturated rings. The molecule has 2 aliphatic rings. The van der Waals surface area contributed by atoms with Crippen LogP contribution in [0.5, 0.6) is 0 Å². The van der Waals surface area contributed by atoms with Crippen molar-refractivity contribution in [3.8, 4) is 0 Å². The number of carbonyl (C=O) groups excluding carboxylic acids is 4. The van der Waals surface area contributed by atoms with Gasteiger partial charge in [-0.25, -0.2) is 0 Å². The van der Waals surface area contributed by atoms with Gasteiger partial charge in [0.1, 0.15) is 23.7 Å². The average molecular weight is 383 g/mol. The molecule has 4 atom stereocenters. The number of hydrogen-bond acceptors (Lipinski definition) is 6. The summed E-state index contributed by atoms with van der Waals surface area (Å²) in [6, 6.07) is -2.88. The highest BCUT2D eigenvalue weighted by molar-refractivity contribution is 5.99. The van der Waals surface area contributed by atoms with E-state index < -0.39 is 53.7 Å². The predicted octanol–water partition coefficient (Wildman–Crippen LogP) is -1.18. The molecular weight excluding hydrogens is 358 g/mol. The van der Waals surface area contributed by atoms with Crippen LogP contribution in [0, 0.1) is 0 Å². The molecule has 2 saturated heterocycles. The molecule has 150 valence electrons. The SMILES string of the molecule is CC(=O)N1CCCC1C(=O)NC(C)C(=O)NC(CC(=O)O)C(=O)C1(C)CO1. The lowest BCUT2D eigenvalue weighted by atomic mass is 9.98. The van der Waals surface area contributed by atoms with E-state index in [9.17, 15) is 24.0 Å². The molecule has 2 aliphatic heterocycles. The first kappa shape index (κ1) is 20.8. The van der Waals surface area contributed by atoms with E-state index in [0.717, 1.165) is 0 Å². The molecule has 0 aromatic heterocycles. The lowest BCUT2D eigenvalue weighted by Gasteiger charge is -2.25. The number of rotatable bonds is 8. The maximum absolute atomic E-state index is 12.4. The molecule has 0 aromatic carbocycles. The van der Waals surface area contributed by atoms with Gasteiger partial charge in [0.25, 0.3) is 0 Å². The fourth-order valence-corrected chi connectivity index (χ4v) is 3.09. The zero-order chi connectivity index (χ0) is 20.4. The topological polar surface area (TPSA) is 145 Å². The zero-order valence-electron chi connectivity index (χ0n) is 15.6. The van der Waals surface area contributed by atoms with Gasteiger partial charge in [0, 0.05) is 13.5 Å². The summed E-state index contributed by atoms with van der Waals surface area (Å²) in [5, 5.41) is 13.9. The summed E-state index contributed by atoms with van der Waals surface area (Å²) < 4.78 is 5.03. The Morgan fingerprint density at radius 2 is 1.89 bits per heavy atom. The highest BCUT2D eigenvalue weighted by atomic mass is 16.6. The predicted molar refractivity (Wildman–Crippen MR) is 91.6 cm³/mol. The summed E-state index contributed by atoms with van der Waals surface area (Å²) in [7, 11) is 0. The second-order valence-corrected chi connectivity index (χ2v) is 7.14. The largest absolute Gasteiger partial charge is 0.481 e. The number of ether oxygens (including phenoxy) is 1. The highest BCUT2D eigenvalue weighted by Crippen LogP contribution is 2.29. The monoisotopic (exact) mass is 383 g/mol. The molecular formula is C17H25N3O7. The van der Waals surface area contributed by atoms with Crippen LogP contribution in [0.2, 0.25) is 0 Å². The van der Waals surface area contributed by atoms with Crippen LogP contribution >= 0.6 is 0 Å². The van der Waals surface area contributed by atoms with Crippen molar-refractivity contribution in [3.63, 3.8) is 0 Å². The molecule has 3 amide bonds. The van der Waals surface area contributed by atoms with E-state index >= 15 is 0 Å². The van der Waals surface area contributed by atoms with Gasteiger partial charge in [-0.15, -0.1) is 0 Å². The van der Waals surface area contributed by atoms with Crippen LogP contribution in [-0.2, 0) is 28.7 Å². The van der Waals surface area contributed by atoms with Crippen LogP contribution in [0.15, 0.2) is 0 Å². The van der Waals surface area contributed by atoms with Crippen molar-refractivity contribution in [1.82, 2.24) is 15.5 Å². The van der Waals surface area contributed by atoms with Crippen molar-refractivity contribution in [3.05, 3.63) is 0 Å². The Bertz CT molecular complexity index is 659. The lowest BCUT2D eigenvalue weighted by molar-refractivity contribution is -0.141. The number of hydrogen-bond donors (Lipinski definition) is 3. The van der Waals surface area contributed by atoms with E-state index in [1.165, 1.54) is 25.7 Å². The first-order valence-electron chi connectivity index (χ1n) is 8.83. The van der Waals surface area contributed by atoms with Crippen LogP contribution in [0.4, 0.5) is 0 Å². The molecule has 10 nitrogen and oxygen atoms in total. The molecule has 3 N–H and O–H groups in total. The molecule has 0 saturated carbocycles. The van der Waals surface area contributed by atoms with Crippen LogP contribution in [-0.4, -0.2) is 76.4 Å². The molecule has 0 aliphatic carbocycles. The number of Topliss-reactive ketones (excluding diaryl/α,β-unsaturated/α-hetero) is 1. The van der Waals surface area contributed by atoms with Crippen molar-refractivity contribution >= 4 is 29.5 Å². The highest BCUT2D eigenvalue weighted by Gasteiger charge is 2.50. The van der Waals surface area contributed by atoms with Gasteiger partial charge in [-0.3, -0.25) is 24.0 Å². The Labute approximate surface area is 156 Å². The first-order chi connectivity index (χ1) is 12.5. The van der Waals surface area contributed by atoms with Gasteiger partial charge in [-0.05, 0) is 26.7 Å². The van der Waals surface area contributed by atoms with E-state index in [1.807, 2.05) is 0 Å². The van der Waals surface area contributed by atoms with Crippen molar-refractivity contribution in [2.45, 2.75) is 63.8 Å². The number of likely N-dealkylation sites (tertiary alicyclic amines) is 1. The van der Waals surface area contributed by atoms with E-state index in [2.05, 4.69) is 10.6 Å². The Morgan fingerprint density at radius 3 is 2.41 bits per heavy atom. The summed E-state index contributed by atoms with van der Waals surface area (Å²) in [6.45, 7) is 4.99. The van der Waals surface area contributed by atoms with Gasteiger partial charge < -0.3 is 25.4 Å². The Hall–Kier alpha value is -2.49. The zero-order valence-corrected chi connectivity index (χ0v) is 15.6. The molecule has 0 bridgehead atoms. The Kier molecular flexibility index (Phi) is 6.19. The summed E-state index contributed by atoms with van der Waals surface area (Å²) in [4.78, 5) is 61.1. The number of nitrogens with zero attached hydrogens (tertiary/aromatic N) is 1. The fourth-order valence-electron chi connectivity index (χ4n) is 3.09. The Balaban J connectivity index is 1.96. The third kappa shape index (κ3) is 5.03. The minimum Gasteiger partial charge on any atom is -0.481 e. The maximum Gasteiger partial charge on any atom is 0.305 e. The number of nitrogens with one attached hydrogen (secondary N) is 2. The fraction of sp³-hybridized carbons (Fsp3) is 0.706. The number of carbonyl (C=O) groups is 5. The van der Waals surface area contributed by atoms with Crippen molar-refractivity contribution in [2.24, 2.45) is 0 Å². The number of aliphatic carboxylic acids is 1. The standard InChI is InChI=1S/C17H25N3O7/c1-9(18-16(26)12-5-4-6-20(12)10(2)21)15(25)19-11(7-13(22)23)14(24)17(3)8-27-17/h9,11-12H,4-8H2,1-3H3,(H,18,26)(H,19,25)(H,22,23). The van der Waals surface area contributed by atoms with Crippen LogP contribution in [0.25, 0.3) is 0 Å². The smallest absolute Gasteiger partial charge is 0.305 e. The van der Waals surface area contributed by atoms with Gasteiger partial charge in [-0.1, -0.05) is 0 Å². The van der Waals surface area contributed by atoms with E-state index in [1.54, 1.807) is 0 Å². The van der Waals surface area contributed by atoms with Crippen molar-refractivity contribution < 1.29 is 33.8 Å². The van der Waals surface area contributed by atoms with Gasteiger partial charge in [0.05, 0.1) is 13.0 Å². The maximum atomic E-state index is 12.4. The minimum absolute atomic E-state index is 0.173. The lowest BCUT2D eigenvalue weighted by Crippen LogP contribution is -2.55. The number of amides is 3. The number of carboxylic acid groups (broad SMARTS) is 1.